The number of benzene rings is 1. The highest BCUT2D eigenvalue weighted by Crippen LogP contribution is 2.23. The number of nitrogens with zero attached hydrogens (tertiary/aromatic N) is 1. The highest BCUT2D eigenvalue weighted by molar-refractivity contribution is 7.99. The molecule has 0 spiro atoms. The molecule has 0 amide bonds. The summed E-state index contributed by atoms with van der Waals surface area (Å²) in [5, 5.41) is 8.72. The van der Waals surface area contributed by atoms with Gasteiger partial charge in [0.15, 0.2) is 0 Å². The lowest BCUT2D eigenvalue weighted by Crippen LogP contribution is -2.31. The van der Waals surface area contributed by atoms with Crippen LogP contribution >= 0.6 is 11.8 Å². The second-order valence-electron chi connectivity index (χ2n) is 4.80. The summed E-state index contributed by atoms with van der Waals surface area (Å²) >= 11 is 2.01. The Morgan fingerprint density at radius 1 is 1.53 bits per heavy atom. The van der Waals surface area contributed by atoms with Crippen LogP contribution in [-0.4, -0.2) is 40.6 Å². The average Bonchev–Trinajstić information content (AvgIpc) is 2.91. The van der Waals surface area contributed by atoms with E-state index in [1.165, 1.54) is 29.6 Å². The second kappa shape index (κ2) is 6.78. The van der Waals surface area contributed by atoms with Gasteiger partial charge in [-0.25, -0.2) is 4.79 Å². The zero-order valence-electron chi connectivity index (χ0n) is 11.1. The highest BCUT2D eigenvalue weighted by Gasteiger charge is 2.20. The molecule has 0 aliphatic carbocycles. The van der Waals surface area contributed by atoms with Crippen LogP contribution in [0.3, 0.4) is 0 Å². The molecule has 1 unspecified atom stereocenters. The number of aliphatic carboxylic acids is 1. The minimum atomic E-state index is -0.907. The van der Waals surface area contributed by atoms with Crippen molar-refractivity contribution in [2.75, 3.05) is 18.6 Å². The van der Waals surface area contributed by atoms with Gasteiger partial charge in [-0.15, -0.1) is 0 Å². The van der Waals surface area contributed by atoms with Crippen LogP contribution < -0.4 is 0 Å². The van der Waals surface area contributed by atoms with Crippen LogP contribution in [-0.2, 0) is 11.3 Å². The molecule has 1 atom stereocenters. The summed E-state index contributed by atoms with van der Waals surface area (Å²) in [6, 6.07) is 8.62. The first kappa shape index (κ1) is 14.2. The van der Waals surface area contributed by atoms with Crippen molar-refractivity contribution in [3.63, 3.8) is 0 Å². The molecular weight excluding hydrogens is 258 g/mol. The smallest absolute Gasteiger partial charge is 0.328 e. The molecule has 102 valence electrons. The predicted molar refractivity (Wildman–Crippen MR) is 80.3 cm³/mol. The van der Waals surface area contributed by atoms with Crippen LogP contribution in [0.15, 0.2) is 30.3 Å². The lowest BCUT2D eigenvalue weighted by atomic mass is 10.1. The van der Waals surface area contributed by atoms with Crippen LogP contribution in [0.25, 0.3) is 6.08 Å². The minimum Gasteiger partial charge on any atom is -0.478 e. The third-order valence-corrected chi connectivity index (χ3v) is 4.55. The number of hydrogen-bond acceptors (Lipinski definition) is 3. The number of carbonyl (C=O) groups is 1. The molecule has 19 heavy (non-hydrogen) atoms. The molecule has 0 aromatic heterocycles. The van der Waals surface area contributed by atoms with Crippen molar-refractivity contribution in [2.45, 2.75) is 19.0 Å². The van der Waals surface area contributed by atoms with Crippen molar-refractivity contribution >= 4 is 23.8 Å². The van der Waals surface area contributed by atoms with Crippen molar-refractivity contribution in [1.29, 1.82) is 0 Å². The molecule has 0 saturated carbocycles. The maximum absolute atomic E-state index is 10.6. The van der Waals surface area contributed by atoms with Crippen molar-refractivity contribution in [3.8, 4) is 0 Å². The summed E-state index contributed by atoms with van der Waals surface area (Å²) in [6.07, 6.45) is 4.12. The third-order valence-electron chi connectivity index (χ3n) is 3.41. The van der Waals surface area contributed by atoms with Gasteiger partial charge in [0, 0.05) is 24.4 Å². The highest BCUT2D eigenvalue weighted by atomic mass is 32.2. The van der Waals surface area contributed by atoms with Gasteiger partial charge in [-0.3, -0.25) is 4.90 Å². The Morgan fingerprint density at radius 2 is 2.32 bits per heavy atom. The van der Waals surface area contributed by atoms with Crippen molar-refractivity contribution in [2.24, 2.45) is 0 Å². The van der Waals surface area contributed by atoms with Crippen molar-refractivity contribution in [3.05, 3.63) is 41.5 Å². The maximum Gasteiger partial charge on any atom is 0.328 e. The van der Waals surface area contributed by atoms with Crippen LogP contribution in [0, 0.1) is 0 Å². The zero-order chi connectivity index (χ0) is 13.7. The topological polar surface area (TPSA) is 40.5 Å². The number of thioether (sulfide) groups is 1. The molecule has 1 aromatic carbocycles. The van der Waals surface area contributed by atoms with E-state index in [2.05, 4.69) is 18.0 Å². The van der Waals surface area contributed by atoms with Gasteiger partial charge in [0.05, 0.1) is 0 Å². The number of rotatable bonds is 5. The fourth-order valence-electron chi connectivity index (χ4n) is 2.27. The minimum absolute atomic E-state index is 0.640. The lowest BCUT2D eigenvalue weighted by Gasteiger charge is -2.24. The number of carboxylic acids is 1. The quantitative estimate of drug-likeness (QED) is 0.840. The van der Waals surface area contributed by atoms with E-state index in [9.17, 15) is 4.79 Å². The van der Waals surface area contributed by atoms with Crippen LogP contribution in [0.1, 0.15) is 17.5 Å². The average molecular weight is 277 g/mol. The van der Waals surface area contributed by atoms with Gasteiger partial charge in [0.2, 0.25) is 0 Å². The van der Waals surface area contributed by atoms with E-state index in [0.717, 1.165) is 12.1 Å². The van der Waals surface area contributed by atoms with Gasteiger partial charge in [-0.05, 0) is 36.4 Å². The summed E-state index contributed by atoms with van der Waals surface area (Å²) in [5.74, 6) is 1.54. The van der Waals surface area contributed by atoms with Crippen molar-refractivity contribution in [1.82, 2.24) is 4.90 Å². The molecule has 1 N–H and O–H groups in total. The first-order chi connectivity index (χ1) is 9.16. The Labute approximate surface area is 118 Å². The first-order valence-corrected chi connectivity index (χ1v) is 7.59. The number of carboxylic acid groups (broad SMARTS) is 1. The predicted octanol–water partition coefficient (Wildman–Crippen LogP) is 2.72. The van der Waals surface area contributed by atoms with Gasteiger partial charge in [-0.1, -0.05) is 24.3 Å². The van der Waals surface area contributed by atoms with Crippen LogP contribution in [0.4, 0.5) is 0 Å². The van der Waals surface area contributed by atoms with E-state index < -0.39 is 5.97 Å². The molecule has 3 nitrogen and oxygen atoms in total. The molecule has 4 heteroatoms. The molecule has 1 fully saturated rings. The Bertz CT molecular complexity index is 467. The van der Waals surface area contributed by atoms with Gasteiger partial charge < -0.3 is 5.11 Å². The number of hydrogen-bond donors (Lipinski definition) is 1. The SMILES string of the molecule is CN(Cc1ccccc1/C=C/C(=O)O)C1CCSC1. The fraction of sp³-hybridized carbons (Fsp3) is 0.400. The molecule has 2 rings (SSSR count). The molecule has 0 bridgehead atoms. The van der Waals surface area contributed by atoms with E-state index in [1.54, 1.807) is 6.08 Å². The monoisotopic (exact) mass is 277 g/mol. The summed E-state index contributed by atoms with van der Waals surface area (Å²) in [6.45, 7) is 0.866. The largest absolute Gasteiger partial charge is 0.478 e. The Morgan fingerprint density at radius 3 is 3.00 bits per heavy atom. The Hall–Kier alpha value is -1.26. The van der Waals surface area contributed by atoms with E-state index in [1.807, 2.05) is 30.0 Å². The van der Waals surface area contributed by atoms with E-state index in [0.29, 0.717) is 6.04 Å². The molecule has 0 radical (unpaired) electrons. The van der Waals surface area contributed by atoms with Gasteiger partial charge in [0.1, 0.15) is 0 Å². The van der Waals surface area contributed by atoms with E-state index in [4.69, 9.17) is 5.11 Å². The summed E-state index contributed by atoms with van der Waals surface area (Å²) < 4.78 is 0. The standard InChI is InChI=1S/C15H19NO2S/c1-16(14-8-9-19-11-14)10-13-5-3-2-4-12(13)6-7-15(17)18/h2-7,14H,8-11H2,1H3,(H,17,18)/b7-6+. The second-order valence-corrected chi connectivity index (χ2v) is 5.95. The molecule has 1 aliphatic heterocycles. The lowest BCUT2D eigenvalue weighted by molar-refractivity contribution is -0.131. The van der Waals surface area contributed by atoms with E-state index >= 15 is 0 Å². The molecule has 1 aromatic rings. The molecule has 1 heterocycles. The molecule has 1 aliphatic rings. The maximum atomic E-state index is 10.6. The van der Waals surface area contributed by atoms with Crippen molar-refractivity contribution < 1.29 is 9.90 Å². The molecule has 1 saturated heterocycles. The van der Waals surface area contributed by atoms with Gasteiger partial charge in [-0.2, -0.15) is 11.8 Å². The molecular formula is C15H19NO2S. The third kappa shape index (κ3) is 4.11. The normalized spacial score (nSPS) is 19.4. The van der Waals surface area contributed by atoms with Gasteiger partial charge >= 0.3 is 5.97 Å². The van der Waals surface area contributed by atoms with E-state index in [-0.39, 0.29) is 0 Å². The zero-order valence-corrected chi connectivity index (χ0v) is 11.9. The van der Waals surface area contributed by atoms with Crippen LogP contribution in [0.2, 0.25) is 0 Å². The van der Waals surface area contributed by atoms with Gasteiger partial charge in [0.25, 0.3) is 0 Å². The first-order valence-electron chi connectivity index (χ1n) is 6.43. The van der Waals surface area contributed by atoms with Crippen LogP contribution in [0.5, 0.6) is 0 Å². The summed E-state index contributed by atoms with van der Waals surface area (Å²) in [4.78, 5) is 13.0. The Kier molecular flexibility index (Phi) is 5.05. The summed E-state index contributed by atoms with van der Waals surface area (Å²) in [5.41, 5.74) is 2.17. The Balaban J connectivity index is 2.08. The summed E-state index contributed by atoms with van der Waals surface area (Å²) in [7, 11) is 2.15. The fourth-order valence-corrected chi connectivity index (χ4v) is 3.57.